The molecular weight excluding hydrogens is 282 g/mol. The van der Waals surface area contributed by atoms with E-state index in [1.807, 2.05) is 31.2 Å². The van der Waals surface area contributed by atoms with Gasteiger partial charge in [0.25, 0.3) is 0 Å². The van der Waals surface area contributed by atoms with Crippen molar-refractivity contribution in [3.05, 3.63) is 35.9 Å². The number of likely N-dealkylation sites (tertiary alicyclic amines) is 1. The molecule has 0 aliphatic carbocycles. The van der Waals surface area contributed by atoms with Gasteiger partial charge in [0.05, 0.1) is 13.0 Å². The van der Waals surface area contributed by atoms with E-state index < -0.39 is 5.97 Å². The van der Waals surface area contributed by atoms with Gasteiger partial charge in [-0.25, -0.2) is 0 Å². The molecule has 0 unspecified atom stereocenters. The van der Waals surface area contributed by atoms with Gasteiger partial charge >= 0.3 is 5.97 Å². The lowest BCUT2D eigenvalue weighted by Gasteiger charge is -2.29. The minimum atomic E-state index is -0.767. The largest absolute Gasteiger partial charge is 0.497 e. The number of piperidine rings is 1. The zero-order valence-corrected chi connectivity index (χ0v) is 12.9. The van der Waals surface area contributed by atoms with Crippen LogP contribution in [0.1, 0.15) is 25.3 Å². The standard InChI is InChI=1S/C17H21NO4/c1-12(13-3-5-15(22-2)6-4-13)11-16(19)18-9-7-14(8-10-18)17(20)21/h3-6,11,14H,7-10H2,1-2H3,(H,20,21). The minimum Gasteiger partial charge on any atom is -0.497 e. The van der Waals surface area contributed by atoms with E-state index in [0.29, 0.717) is 25.9 Å². The van der Waals surface area contributed by atoms with Crippen LogP contribution in [0.5, 0.6) is 5.75 Å². The predicted octanol–water partition coefficient (Wildman–Crippen LogP) is 2.42. The molecule has 0 aromatic heterocycles. The first-order valence-corrected chi connectivity index (χ1v) is 7.35. The molecule has 118 valence electrons. The first-order chi connectivity index (χ1) is 10.5. The average molecular weight is 303 g/mol. The molecule has 0 saturated carbocycles. The molecule has 1 saturated heterocycles. The summed E-state index contributed by atoms with van der Waals surface area (Å²) in [4.78, 5) is 24.9. The lowest BCUT2D eigenvalue weighted by molar-refractivity contribution is -0.144. The van der Waals surface area contributed by atoms with Crippen molar-refractivity contribution in [1.29, 1.82) is 0 Å². The van der Waals surface area contributed by atoms with Gasteiger partial charge in [-0.1, -0.05) is 12.1 Å². The molecule has 0 bridgehead atoms. The highest BCUT2D eigenvalue weighted by Gasteiger charge is 2.26. The van der Waals surface area contributed by atoms with Crippen molar-refractivity contribution < 1.29 is 19.4 Å². The average Bonchev–Trinajstić information content (AvgIpc) is 2.54. The number of carboxylic acid groups (broad SMARTS) is 1. The van der Waals surface area contributed by atoms with Crippen molar-refractivity contribution in [2.45, 2.75) is 19.8 Å². The number of ether oxygens (including phenoxy) is 1. The lowest BCUT2D eigenvalue weighted by atomic mass is 9.97. The van der Waals surface area contributed by atoms with Crippen molar-refractivity contribution in [2.75, 3.05) is 20.2 Å². The Morgan fingerprint density at radius 3 is 2.32 bits per heavy atom. The number of allylic oxidation sites excluding steroid dienone is 1. The van der Waals surface area contributed by atoms with Crippen molar-refractivity contribution in [3.8, 4) is 5.75 Å². The van der Waals surface area contributed by atoms with Crippen LogP contribution in [0.15, 0.2) is 30.3 Å². The maximum atomic E-state index is 12.3. The van der Waals surface area contributed by atoms with Crippen LogP contribution in [0, 0.1) is 5.92 Å². The summed E-state index contributed by atoms with van der Waals surface area (Å²) in [6, 6.07) is 7.54. The molecule has 1 aromatic rings. The zero-order valence-electron chi connectivity index (χ0n) is 12.9. The highest BCUT2D eigenvalue weighted by molar-refractivity contribution is 5.95. The molecule has 0 radical (unpaired) electrons. The van der Waals surface area contributed by atoms with E-state index in [-0.39, 0.29) is 11.8 Å². The predicted molar refractivity (Wildman–Crippen MR) is 83.6 cm³/mol. The SMILES string of the molecule is COc1ccc(C(C)=CC(=O)N2CCC(C(=O)O)CC2)cc1. The first-order valence-electron chi connectivity index (χ1n) is 7.35. The molecule has 1 aliphatic rings. The molecule has 1 heterocycles. The number of hydrogen-bond donors (Lipinski definition) is 1. The summed E-state index contributed by atoms with van der Waals surface area (Å²) in [6.07, 6.45) is 2.66. The van der Waals surface area contributed by atoms with E-state index in [2.05, 4.69) is 0 Å². The Bertz CT molecular complexity index is 569. The molecule has 1 amide bonds. The van der Waals surface area contributed by atoms with Crippen LogP contribution in [0.25, 0.3) is 5.57 Å². The van der Waals surface area contributed by atoms with Crippen LogP contribution in [0.3, 0.4) is 0 Å². The quantitative estimate of drug-likeness (QED) is 0.868. The van der Waals surface area contributed by atoms with E-state index in [9.17, 15) is 9.59 Å². The van der Waals surface area contributed by atoms with Crippen LogP contribution in [0.4, 0.5) is 0 Å². The van der Waals surface area contributed by atoms with Gasteiger partial charge in [-0.05, 0) is 43.0 Å². The van der Waals surface area contributed by atoms with E-state index in [4.69, 9.17) is 9.84 Å². The second kappa shape index (κ2) is 7.11. The van der Waals surface area contributed by atoms with Crippen LogP contribution >= 0.6 is 0 Å². The Morgan fingerprint density at radius 1 is 1.23 bits per heavy atom. The van der Waals surface area contributed by atoms with Crippen molar-refractivity contribution in [1.82, 2.24) is 4.90 Å². The number of carboxylic acids is 1. The number of rotatable bonds is 4. The third-order valence-electron chi connectivity index (χ3n) is 4.04. The molecular formula is C17H21NO4. The number of aliphatic carboxylic acids is 1. The number of nitrogens with zero attached hydrogens (tertiary/aromatic N) is 1. The number of methoxy groups -OCH3 is 1. The molecule has 1 aromatic carbocycles. The van der Waals surface area contributed by atoms with Gasteiger partial charge in [0.15, 0.2) is 0 Å². The second-order valence-corrected chi connectivity index (χ2v) is 5.49. The lowest BCUT2D eigenvalue weighted by Crippen LogP contribution is -2.39. The number of benzene rings is 1. The number of amides is 1. The van der Waals surface area contributed by atoms with E-state index in [1.165, 1.54) is 0 Å². The molecule has 0 atom stereocenters. The monoisotopic (exact) mass is 303 g/mol. The van der Waals surface area contributed by atoms with E-state index in [1.54, 1.807) is 18.1 Å². The van der Waals surface area contributed by atoms with Gasteiger partial charge in [-0.3, -0.25) is 9.59 Å². The molecule has 2 rings (SSSR count). The van der Waals surface area contributed by atoms with Crippen LogP contribution in [-0.2, 0) is 9.59 Å². The Morgan fingerprint density at radius 2 is 1.82 bits per heavy atom. The highest BCUT2D eigenvalue weighted by Crippen LogP contribution is 2.20. The van der Waals surface area contributed by atoms with Crippen LogP contribution in [-0.4, -0.2) is 42.1 Å². The minimum absolute atomic E-state index is 0.0582. The fourth-order valence-corrected chi connectivity index (χ4v) is 2.56. The smallest absolute Gasteiger partial charge is 0.306 e. The molecule has 5 heteroatoms. The summed E-state index contributed by atoms with van der Waals surface area (Å²) in [6.45, 7) is 2.90. The van der Waals surface area contributed by atoms with Gasteiger partial charge in [0, 0.05) is 19.2 Å². The third kappa shape index (κ3) is 3.87. The Labute approximate surface area is 130 Å². The Balaban J connectivity index is 1.99. The Hall–Kier alpha value is -2.30. The first kappa shape index (κ1) is 16.1. The summed E-state index contributed by atoms with van der Waals surface area (Å²) < 4.78 is 5.11. The van der Waals surface area contributed by atoms with Crippen molar-refractivity contribution >= 4 is 17.4 Å². The molecule has 22 heavy (non-hydrogen) atoms. The fourth-order valence-electron chi connectivity index (χ4n) is 2.56. The van der Waals surface area contributed by atoms with Gasteiger partial charge in [-0.15, -0.1) is 0 Å². The highest BCUT2D eigenvalue weighted by atomic mass is 16.5. The second-order valence-electron chi connectivity index (χ2n) is 5.49. The van der Waals surface area contributed by atoms with Crippen molar-refractivity contribution in [3.63, 3.8) is 0 Å². The van der Waals surface area contributed by atoms with Crippen LogP contribution in [0.2, 0.25) is 0 Å². The number of hydrogen-bond acceptors (Lipinski definition) is 3. The maximum Gasteiger partial charge on any atom is 0.306 e. The van der Waals surface area contributed by atoms with Crippen molar-refractivity contribution in [2.24, 2.45) is 5.92 Å². The molecule has 5 nitrogen and oxygen atoms in total. The Kier molecular flexibility index (Phi) is 5.20. The topological polar surface area (TPSA) is 66.8 Å². The van der Waals surface area contributed by atoms with Gasteiger partial charge in [-0.2, -0.15) is 0 Å². The molecule has 0 spiro atoms. The number of carbonyl (C=O) groups is 2. The summed E-state index contributed by atoms with van der Waals surface area (Å²) >= 11 is 0. The third-order valence-corrected chi connectivity index (χ3v) is 4.04. The summed E-state index contributed by atoms with van der Waals surface area (Å²) in [5.41, 5.74) is 1.85. The van der Waals surface area contributed by atoms with Gasteiger partial charge in [0.2, 0.25) is 5.91 Å². The molecule has 1 N–H and O–H groups in total. The zero-order chi connectivity index (χ0) is 16.1. The van der Waals surface area contributed by atoms with Crippen LogP contribution < -0.4 is 4.74 Å². The molecule has 1 aliphatic heterocycles. The maximum absolute atomic E-state index is 12.3. The summed E-state index contributed by atoms with van der Waals surface area (Å²) in [7, 11) is 1.61. The van der Waals surface area contributed by atoms with Gasteiger partial charge < -0.3 is 14.7 Å². The summed E-state index contributed by atoms with van der Waals surface area (Å²) in [5, 5.41) is 8.97. The summed E-state index contributed by atoms with van der Waals surface area (Å²) in [5.74, 6) is -0.372. The normalized spacial score (nSPS) is 16.5. The van der Waals surface area contributed by atoms with E-state index >= 15 is 0 Å². The van der Waals surface area contributed by atoms with Gasteiger partial charge in [0.1, 0.15) is 5.75 Å². The fraction of sp³-hybridized carbons (Fsp3) is 0.412. The van der Waals surface area contributed by atoms with E-state index in [0.717, 1.165) is 16.9 Å². The number of carbonyl (C=O) groups excluding carboxylic acids is 1. The molecule has 1 fully saturated rings.